The van der Waals surface area contributed by atoms with Gasteiger partial charge in [0.1, 0.15) is 10.7 Å². The number of hydrogen-bond acceptors (Lipinski definition) is 5. The minimum absolute atomic E-state index is 0.00723. The Morgan fingerprint density at radius 3 is 2.42 bits per heavy atom. The summed E-state index contributed by atoms with van der Waals surface area (Å²) in [5.41, 5.74) is 4.85. The molecule has 0 saturated carbocycles. The van der Waals surface area contributed by atoms with Crippen LogP contribution in [0.4, 0.5) is 10.1 Å². The Morgan fingerprint density at radius 2 is 1.84 bits per heavy atom. The molecule has 108 valence electrons. The van der Waals surface area contributed by atoms with Crippen molar-refractivity contribution in [3.05, 3.63) is 24.0 Å². The third-order valence-electron chi connectivity index (χ3n) is 2.20. The molecule has 0 bridgehead atoms. The molecule has 0 amide bonds. The number of nitrogens with one attached hydrogen (secondary N) is 1. The molecule has 0 radical (unpaired) electrons. The molecule has 0 atom stereocenters. The molecule has 0 spiro atoms. The summed E-state index contributed by atoms with van der Waals surface area (Å²) in [6, 6.07) is 3.40. The van der Waals surface area contributed by atoms with Crippen molar-refractivity contribution in [3.8, 4) is 0 Å². The molecule has 19 heavy (non-hydrogen) atoms. The highest BCUT2D eigenvalue weighted by molar-refractivity contribution is 7.89. The topological polar surface area (TPSA) is 132 Å². The second-order valence-electron chi connectivity index (χ2n) is 3.77. The van der Waals surface area contributed by atoms with E-state index >= 15 is 0 Å². The lowest BCUT2D eigenvalue weighted by molar-refractivity contribution is 0.575. The molecule has 0 unspecified atom stereocenters. The van der Waals surface area contributed by atoms with Crippen LogP contribution in [0.25, 0.3) is 0 Å². The first kappa shape index (κ1) is 15.8. The van der Waals surface area contributed by atoms with Crippen molar-refractivity contribution in [1.29, 1.82) is 0 Å². The number of nitrogen functional groups attached to an aromatic ring is 1. The van der Waals surface area contributed by atoms with Crippen LogP contribution in [0.2, 0.25) is 0 Å². The van der Waals surface area contributed by atoms with Crippen LogP contribution in [0.3, 0.4) is 0 Å². The van der Waals surface area contributed by atoms with Gasteiger partial charge in [0.2, 0.25) is 20.0 Å². The van der Waals surface area contributed by atoms with E-state index in [9.17, 15) is 21.2 Å². The average molecular weight is 311 g/mol. The second-order valence-corrected chi connectivity index (χ2v) is 7.24. The van der Waals surface area contributed by atoms with Crippen molar-refractivity contribution in [1.82, 2.24) is 4.72 Å². The van der Waals surface area contributed by atoms with Crippen molar-refractivity contribution in [2.75, 3.05) is 18.0 Å². The SMILES string of the molecule is Nc1c(F)cccc1S(=O)(=O)NCCCS(N)(=O)=O. The first-order chi connectivity index (χ1) is 8.63. The first-order valence-corrected chi connectivity index (χ1v) is 8.37. The molecular formula is C9H14FN3O4S2. The van der Waals surface area contributed by atoms with Crippen LogP contribution in [0, 0.1) is 5.82 Å². The maximum Gasteiger partial charge on any atom is 0.242 e. The lowest BCUT2D eigenvalue weighted by atomic mass is 10.3. The zero-order valence-corrected chi connectivity index (χ0v) is 11.5. The molecule has 0 aliphatic rings. The van der Waals surface area contributed by atoms with E-state index in [-0.39, 0.29) is 23.6 Å². The highest BCUT2D eigenvalue weighted by Gasteiger charge is 2.19. The Balaban J connectivity index is 2.74. The molecule has 5 N–H and O–H groups in total. The van der Waals surface area contributed by atoms with Crippen molar-refractivity contribution in [2.45, 2.75) is 11.3 Å². The van der Waals surface area contributed by atoms with Crippen molar-refractivity contribution in [3.63, 3.8) is 0 Å². The first-order valence-electron chi connectivity index (χ1n) is 5.17. The highest BCUT2D eigenvalue weighted by Crippen LogP contribution is 2.20. The fourth-order valence-electron chi connectivity index (χ4n) is 1.31. The van der Waals surface area contributed by atoms with E-state index in [2.05, 4.69) is 4.72 Å². The van der Waals surface area contributed by atoms with E-state index in [1.807, 2.05) is 0 Å². The molecule has 7 nitrogen and oxygen atoms in total. The van der Waals surface area contributed by atoms with Gasteiger partial charge in [-0.2, -0.15) is 0 Å². The fourth-order valence-corrected chi connectivity index (χ4v) is 3.07. The van der Waals surface area contributed by atoms with E-state index in [0.717, 1.165) is 12.1 Å². The summed E-state index contributed by atoms with van der Waals surface area (Å²) >= 11 is 0. The summed E-state index contributed by atoms with van der Waals surface area (Å²) in [6.45, 7) is -0.144. The van der Waals surface area contributed by atoms with Crippen LogP contribution in [0.15, 0.2) is 23.1 Å². The van der Waals surface area contributed by atoms with Crippen LogP contribution < -0.4 is 15.6 Å². The van der Waals surface area contributed by atoms with Gasteiger partial charge < -0.3 is 5.73 Å². The number of hydrogen-bond donors (Lipinski definition) is 3. The molecule has 0 heterocycles. The van der Waals surface area contributed by atoms with E-state index in [4.69, 9.17) is 10.9 Å². The summed E-state index contributed by atoms with van der Waals surface area (Å²) < 4.78 is 60.2. The lowest BCUT2D eigenvalue weighted by Gasteiger charge is -2.09. The van der Waals surface area contributed by atoms with Gasteiger partial charge in [0.15, 0.2) is 0 Å². The minimum Gasteiger partial charge on any atom is -0.395 e. The monoisotopic (exact) mass is 311 g/mol. The Kier molecular flexibility index (Phi) is 4.85. The molecule has 0 aliphatic heterocycles. The number of primary sulfonamides is 1. The largest absolute Gasteiger partial charge is 0.395 e. The Morgan fingerprint density at radius 1 is 1.21 bits per heavy atom. The van der Waals surface area contributed by atoms with E-state index in [1.54, 1.807) is 0 Å². The Labute approximate surface area is 110 Å². The van der Waals surface area contributed by atoms with Crippen LogP contribution >= 0.6 is 0 Å². The van der Waals surface area contributed by atoms with Crippen molar-refractivity contribution < 1.29 is 21.2 Å². The number of anilines is 1. The van der Waals surface area contributed by atoms with Gasteiger partial charge in [-0.25, -0.2) is 31.1 Å². The summed E-state index contributed by atoms with van der Waals surface area (Å²) in [5.74, 6) is -1.19. The zero-order chi connectivity index (χ0) is 14.7. The number of rotatable bonds is 6. The maximum atomic E-state index is 13.1. The number of nitrogens with two attached hydrogens (primary N) is 2. The fraction of sp³-hybridized carbons (Fsp3) is 0.333. The van der Waals surface area contributed by atoms with Gasteiger partial charge in [-0.05, 0) is 18.6 Å². The molecule has 10 heteroatoms. The quantitative estimate of drug-likeness (QED) is 0.475. The third-order valence-corrected chi connectivity index (χ3v) is 4.58. The van der Waals surface area contributed by atoms with Gasteiger partial charge in [-0.15, -0.1) is 0 Å². The van der Waals surface area contributed by atoms with Gasteiger partial charge in [-0.1, -0.05) is 6.07 Å². The Hall–Kier alpha value is -1.23. The normalized spacial score (nSPS) is 12.5. The lowest BCUT2D eigenvalue weighted by Crippen LogP contribution is -2.28. The molecule has 1 aromatic rings. The summed E-state index contributed by atoms with van der Waals surface area (Å²) in [4.78, 5) is -0.386. The molecule has 0 aliphatic carbocycles. The molecule has 0 saturated heterocycles. The van der Waals surface area contributed by atoms with Crippen molar-refractivity contribution >= 4 is 25.7 Å². The predicted molar refractivity (Wildman–Crippen MR) is 68.6 cm³/mol. The van der Waals surface area contributed by atoms with Crippen LogP contribution in [-0.4, -0.2) is 29.1 Å². The molecule has 0 aromatic heterocycles. The van der Waals surface area contributed by atoms with E-state index in [0.29, 0.717) is 0 Å². The molecule has 1 aromatic carbocycles. The van der Waals surface area contributed by atoms with Crippen LogP contribution in [0.5, 0.6) is 0 Å². The van der Waals surface area contributed by atoms with Gasteiger partial charge in [0.05, 0.1) is 11.4 Å². The average Bonchev–Trinajstić information content (AvgIpc) is 2.27. The van der Waals surface area contributed by atoms with Crippen LogP contribution in [-0.2, 0) is 20.0 Å². The van der Waals surface area contributed by atoms with Crippen LogP contribution in [0.1, 0.15) is 6.42 Å². The number of para-hydroxylation sites is 1. The molecule has 0 fully saturated rings. The molecular weight excluding hydrogens is 297 g/mol. The zero-order valence-electron chi connectivity index (χ0n) is 9.84. The van der Waals surface area contributed by atoms with Gasteiger partial charge in [-0.3, -0.25) is 0 Å². The Bertz CT molecular complexity index is 658. The van der Waals surface area contributed by atoms with Crippen molar-refractivity contribution in [2.24, 2.45) is 5.14 Å². The predicted octanol–water partition coefficient (Wildman–Crippen LogP) is -0.635. The van der Waals surface area contributed by atoms with Gasteiger partial charge >= 0.3 is 0 Å². The maximum absolute atomic E-state index is 13.1. The van der Waals surface area contributed by atoms with E-state index < -0.39 is 31.6 Å². The van der Waals surface area contributed by atoms with Gasteiger partial charge in [0.25, 0.3) is 0 Å². The number of benzene rings is 1. The van der Waals surface area contributed by atoms with E-state index in [1.165, 1.54) is 6.07 Å². The molecule has 1 rings (SSSR count). The summed E-state index contributed by atoms with van der Waals surface area (Å²) in [6.07, 6.45) is 0.00723. The third kappa shape index (κ3) is 4.74. The second kappa shape index (κ2) is 5.82. The smallest absolute Gasteiger partial charge is 0.242 e. The minimum atomic E-state index is -3.98. The highest BCUT2D eigenvalue weighted by atomic mass is 32.2. The summed E-state index contributed by atoms with van der Waals surface area (Å²) in [5, 5.41) is 4.77. The summed E-state index contributed by atoms with van der Waals surface area (Å²) in [7, 11) is -7.62. The number of sulfonamides is 2. The standard InChI is InChI=1S/C9H14FN3O4S2/c10-7-3-1-4-8(9(7)11)19(16,17)13-5-2-6-18(12,14)15/h1,3-4,13H,2,5-6,11H2,(H2,12,14,15). The number of halogens is 1. The van der Waals surface area contributed by atoms with Gasteiger partial charge in [0, 0.05) is 6.54 Å².